The molecule has 0 saturated heterocycles. The van der Waals surface area contributed by atoms with Gasteiger partial charge in [0.1, 0.15) is 5.82 Å². The van der Waals surface area contributed by atoms with Gasteiger partial charge in [-0.3, -0.25) is 4.84 Å². The second-order valence-electron chi connectivity index (χ2n) is 3.34. The van der Waals surface area contributed by atoms with Crippen molar-refractivity contribution in [3.8, 4) is 0 Å². The number of rotatable bonds is 5. The van der Waals surface area contributed by atoms with Crippen molar-refractivity contribution in [3.05, 3.63) is 35.1 Å². The molecule has 2 N–H and O–H groups in total. The van der Waals surface area contributed by atoms with Crippen LogP contribution in [0.5, 0.6) is 0 Å². The first-order chi connectivity index (χ1) is 8.29. The van der Waals surface area contributed by atoms with Crippen molar-refractivity contribution in [2.24, 2.45) is 0 Å². The molecule has 0 aliphatic rings. The zero-order chi connectivity index (χ0) is 13.8. The fourth-order valence-electron chi connectivity index (χ4n) is 1.10. The smallest absolute Gasteiger partial charge is 0.413 e. The Kier molecular flexibility index (Phi) is 4.62. The van der Waals surface area contributed by atoms with Crippen molar-refractivity contribution < 1.29 is 32.3 Å². The summed E-state index contributed by atoms with van der Waals surface area (Å²) in [6.45, 7) is -1.89. The Balaban J connectivity index is 2.56. The van der Waals surface area contributed by atoms with E-state index in [1.54, 1.807) is 0 Å². The van der Waals surface area contributed by atoms with E-state index in [9.17, 15) is 22.4 Å². The summed E-state index contributed by atoms with van der Waals surface area (Å²) in [5, 5.41) is 8.66. The molecule has 1 aromatic carbocycles. The van der Waals surface area contributed by atoms with Crippen LogP contribution in [0.25, 0.3) is 0 Å². The molecule has 1 aromatic rings. The minimum Gasteiger partial charge on any atom is -0.478 e. The van der Waals surface area contributed by atoms with E-state index in [2.05, 4.69) is 4.84 Å². The normalized spacial score (nSPS) is 11.6. The first-order valence-corrected chi connectivity index (χ1v) is 4.73. The topological polar surface area (TPSA) is 58.6 Å². The Labute approximate surface area is 99.1 Å². The monoisotopic (exact) mass is 267 g/mol. The second-order valence-corrected chi connectivity index (χ2v) is 3.34. The Morgan fingerprint density at radius 2 is 2.06 bits per heavy atom. The number of aromatic carboxylic acids is 1. The minimum atomic E-state index is -4.49. The number of carboxylic acids is 1. The number of hydroxylamine groups is 1. The van der Waals surface area contributed by atoms with E-state index in [4.69, 9.17) is 5.11 Å². The third-order valence-electron chi connectivity index (χ3n) is 1.89. The van der Waals surface area contributed by atoms with Gasteiger partial charge in [-0.1, -0.05) is 0 Å². The number of hydrogen-bond acceptors (Lipinski definition) is 3. The summed E-state index contributed by atoms with van der Waals surface area (Å²) in [6, 6.07) is 2.99. The van der Waals surface area contributed by atoms with Crippen LogP contribution in [0.3, 0.4) is 0 Å². The molecule has 0 radical (unpaired) electrons. The molecule has 4 nitrogen and oxygen atoms in total. The van der Waals surface area contributed by atoms with Crippen molar-refractivity contribution in [1.82, 2.24) is 5.48 Å². The van der Waals surface area contributed by atoms with Gasteiger partial charge >= 0.3 is 12.1 Å². The predicted molar refractivity (Wildman–Crippen MR) is 52.2 cm³/mol. The quantitative estimate of drug-likeness (QED) is 0.487. The summed E-state index contributed by atoms with van der Waals surface area (Å²) < 4.78 is 48.3. The molecule has 18 heavy (non-hydrogen) atoms. The lowest BCUT2D eigenvalue weighted by Crippen LogP contribution is -2.24. The second kappa shape index (κ2) is 5.78. The molecule has 100 valence electrons. The third-order valence-corrected chi connectivity index (χ3v) is 1.89. The molecule has 0 saturated carbocycles. The van der Waals surface area contributed by atoms with Gasteiger partial charge in [0, 0.05) is 12.1 Å². The van der Waals surface area contributed by atoms with Crippen LogP contribution in [0.15, 0.2) is 18.2 Å². The lowest BCUT2D eigenvalue weighted by atomic mass is 10.1. The summed E-state index contributed by atoms with van der Waals surface area (Å²) in [7, 11) is 0. The van der Waals surface area contributed by atoms with Gasteiger partial charge < -0.3 is 5.11 Å². The standard InChI is InChI=1S/C10H9F4NO3/c11-8-2-1-6(9(16)17)3-7(8)4-15-18-5-10(12,13)14/h1-3,15H,4-5H2,(H,16,17). The maximum atomic E-state index is 13.2. The fraction of sp³-hybridized carbons (Fsp3) is 0.300. The number of nitrogens with one attached hydrogen (secondary N) is 1. The molecule has 0 amide bonds. The number of alkyl halides is 3. The first-order valence-electron chi connectivity index (χ1n) is 4.73. The zero-order valence-electron chi connectivity index (χ0n) is 8.92. The predicted octanol–water partition coefficient (Wildman–Crippen LogP) is 2.11. The van der Waals surface area contributed by atoms with Crippen LogP contribution in [-0.2, 0) is 11.4 Å². The molecule has 8 heteroatoms. The summed E-state index contributed by atoms with van der Waals surface area (Å²) in [5.74, 6) is -1.99. The van der Waals surface area contributed by atoms with Crippen LogP contribution in [0.1, 0.15) is 15.9 Å². The molecular formula is C10H9F4NO3. The van der Waals surface area contributed by atoms with Crippen molar-refractivity contribution >= 4 is 5.97 Å². The number of carboxylic acid groups (broad SMARTS) is 1. The van der Waals surface area contributed by atoms with Gasteiger partial charge in [0.05, 0.1) is 5.56 Å². The Bertz CT molecular complexity index is 434. The summed E-state index contributed by atoms with van der Waals surface area (Å²) in [4.78, 5) is 14.7. The van der Waals surface area contributed by atoms with Gasteiger partial charge in [-0.25, -0.2) is 9.18 Å². The fourth-order valence-corrected chi connectivity index (χ4v) is 1.10. The van der Waals surface area contributed by atoms with Crippen LogP contribution in [-0.4, -0.2) is 23.9 Å². The molecule has 0 aromatic heterocycles. The molecule has 0 heterocycles. The average molecular weight is 267 g/mol. The average Bonchev–Trinajstić information content (AvgIpc) is 2.24. The largest absolute Gasteiger partial charge is 0.478 e. The zero-order valence-corrected chi connectivity index (χ0v) is 8.92. The van der Waals surface area contributed by atoms with E-state index in [-0.39, 0.29) is 17.7 Å². The number of carbonyl (C=O) groups is 1. The number of benzene rings is 1. The first kappa shape index (κ1) is 14.4. The Hall–Kier alpha value is -1.67. The van der Waals surface area contributed by atoms with E-state index >= 15 is 0 Å². The SMILES string of the molecule is O=C(O)c1ccc(F)c(CNOCC(F)(F)F)c1. The van der Waals surface area contributed by atoms with Crippen LogP contribution < -0.4 is 5.48 Å². The molecule has 0 aliphatic heterocycles. The molecule has 1 rings (SSSR count). The van der Waals surface area contributed by atoms with Gasteiger partial charge in [0.25, 0.3) is 0 Å². The van der Waals surface area contributed by atoms with E-state index in [1.807, 2.05) is 5.48 Å². The molecule has 0 spiro atoms. The van der Waals surface area contributed by atoms with Crippen molar-refractivity contribution in [2.75, 3.05) is 6.61 Å². The maximum absolute atomic E-state index is 13.2. The van der Waals surface area contributed by atoms with Crippen molar-refractivity contribution in [3.63, 3.8) is 0 Å². The van der Waals surface area contributed by atoms with Crippen LogP contribution in [0, 0.1) is 5.82 Å². The highest BCUT2D eigenvalue weighted by Crippen LogP contribution is 2.14. The van der Waals surface area contributed by atoms with Crippen molar-refractivity contribution in [2.45, 2.75) is 12.7 Å². The highest BCUT2D eigenvalue weighted by atomic mass is 19.4. The Morgan fingerprint density at radius 1 is 1.39 bits per heavy atom. The highest BCUT2D eigenvalue weighted by Gasteiger charge is 2.27. The molecule has 0 bridgehead atoms. The van der Waals surface area contributed by atoms with Gasteiger partial charge in [-0.2, -0.15) is 18.7 Å². The molecule has 0 aliphatic carbocycles. The molecule has 0 fully saturated rings. The maximum Gasteiger partial charge on any atom is 0.413 e. The van der Waals surface area contributed by atoms with E-state index < -0.39 is 24.6 Å². The minimum absolute atomic E-state index is 0.0999. The molecular weight excluding hydrogens is 258 g/mol. The summed E-state index contributed by atoms with van der Waals surface area (Å²) in [5.41, 5.74) is 1.65. The lowest BCUT2D eigenvalue weighted by molar-refractivity contribution is -0.190. The van der Waals surface area contributed by atoms with Gasteiger partial charge in [-0.05, 0) is 18.2 Å². The van der Waals surface area contributed by atoms with Gasteiger partial charge in [0.15, 0.2) is 6.61 Å². The van der Waals surface area contributed by atoms with E-state index in [0.29, 0.717) is 0 Å². The van der Waals surface area contributed by atoms with Gasteiger partial charge in [0.2, 0.25) is 0 Å². The van der Waals surface area contributed by atoms with Crippen LogP contribution >= 0.6 is 0 Å². The summed E-state index contributed by atoms with van der Waals surface area (Å²) >= 11 is 0. The summed E-state index contributed by atoms with van der Waals surface area (Å²) in [6.07, 6.45) is -4.49. The van der Waals surface area contributed by atoms with E-state index in [0.717, 1.165) is 18.2 Å². The molecule has 0 unspecified atom stereocenters. The Morgan fingerprint density at radius 3 is 2.61 bits per heavy atom. The van der Waals surface area contributed by atoms with E-state index in [1.165, 1.54) is 0 Å². The third kappa shape index (κ3) is 4.68. The van der Waals surface area contributed by atoms with Crippen molar-refractivity contribution in [1.29, 1.82) is 0 Å². The van der Waals surface area contributed by atoms with Crippen LogP contribution in [0.2, 0.25) is 0 Å². The van der Waals surface area contributed by atoms with Gasteiger partial charge in [-0.15, -0.1) is 0 Å². The molecule has 0 atom stereocenters. The highest BCUT2D eigenvalue weighted by molar-refractivity contribution is 5.87. The lowest BCUT2D eigenvalue weighted by Gasteiger charge is -2.09. The number of hydrogen-bond donors (Lipinski definition) is 2. The number of halogens is 4. The van der Waals surface area contributed by atoms with Crippen LogP contribution in [0.4, 0.5) is 17.6 Å².